The maximum atomic E-state index is 11.9. The Bertz CT molecular complexity index is 238. The summed E-state index contributed by atoms with van der Waals surface area (Å²) in [4.78, 5) is 11.9. The van der Waals surface area contributed by atoms with Gasteiger partial charge in [0.05, 0.1) is 0 Å². The highest BCUT2D eigenvalue weighted by Gasteiger charge is 2.34. The number of nitrogens with one attached hydrogen (secondary N) is 1. The summed E-state index contributed by atoms with van der Waals surface area (Å²) in [6.07, 6.45) is 6.99. The Morgan fingerprint density at radius 2 is 1.93 bits per heavy atom. The van der Waals surface area contributed by atoms with Crippen LogP contribution in [-0.4, -0.2) is 18.0 Å². The number of rotatable bonds is 3. The predicted molar refractivity (Wildman–Crippen MR) is 60.3 cm³/mol. The van der Waals surface area contributed by atoms with Crippen LogP contribution in [0.2, 0.25) is 0 Å². The second-order valence-corrected chi connectivity index (χ2v) is 5.19. The first kappa shape index (κ1) is 10.9. The molecule has 3 unspecified atom stereocenters. The highest BCUT2D eigenvalue weighted by Crippen LogP contribution is 2.36. The summed E-state index contributed by atoms with van der Waals surface area (Å²) >= 11 is 0. The highest BCUT2D eigenvalue weighted by molar-refractivity contribution is 5.79. The summed E-state index contributed by atoms with van der Waals surface area (Å²) in [6, 6.07) is 0.404. The van der Waals surface area contributed by atoms with E-state index in [1.165, 1.54) is 25.7 Å². The van der Waals surface area contributed by atoms with Gasteiger partial charge in [0.25, 0.3) is 0 Å². The lowest BCUT2D eigenvalue weighted by Crippen LogP contribution is -2.50. The zero-order valence-electron chi connectivity index (χ0n) is 9.54. The number of nitrogens with two attached hydrogens (primary N) is 1. The van der Waals surface area contributed by atoms with E-state index < -0.39 is 0 Å². The van der Waals surface area contributed by atoms with Crippen LogP contribution in [0.15, 0.2) is 0 Å². The summed E-state index contributed by atoms with van der Waals surface area (Å²) in [5.74, 6) is 1.06. The minimum Gasteiger partial charge on any atom is -0.352 e. The molecule has 0 aromatic rings. The van der Waals surface area contributed by atoms with Crippen molar-refractivity contribution in [1.29, 1.82) is 0 Å². The monoisotopic (exact) mass is 210 g/mol. The third-order valence-electron chi connectivity index (χ3n) is 3.89. The topological polar surface area (TPSA) is 55.1 Å². The molecule has 15 heavy (non-hydrogen) atoms. The molecule has 3 N–H and O–H groups in total. The fraction of sp³-hybridized carbons (Fsp3) is 0.917. The van der Waals surface area contributed by atoms with Gasteiger partial charge in [-0.3, -0.25) is 4.79 Å². The van der Waals surface area contributed by atoms with Gasteiger partial charge in [0.15, 0.2) is 0 Å². The Morgan fingerprint density at radius 1 is 1.27 bits per heavy atom. The molecule has 0 radical (unpaired) electrons. The molecule has 1 amide bonds. The largest absolute Gasteiger partial charge is 0.352 e. The third kappa shape index (κ3) is 2.71. The molecule has 0 bridgehead atoms. The SMILES string of the molecule is CC(C(=O)NC1CCCCC1N)C1CC1. The zero-order valence-corrected chi connectivity index (χ0v) is 9.54. The molecule has 86 valence electrons. The van der Waals surface area contributed by atoms with Crippen molar-refractivity contribution in [1.82, 2.24) is 5.32 Å². The molecule has 0 aromatic carbocycles. The first-order valence-corrected chi connectivity index (χ1v) is 6.24. The summed E-state index contributed by atoms with van der Waals surface area (Å²) in [6.45, 7) is 2.04. The Morgan fingerprint density at radius 3 is 2.53 bits per heavy atom. The molecule has 2 aliphatic rings. The van der Waals surface area contributed by atoms with Crippen molar-refractivity contribution in [2.24, 2.45) is 17.6 Å². The molecule has 3 nitrogen and oxygen atoms in total. The van der Waals surface area contributed by atoms with Crippen molar-refractivity contribution in [3.05, 3.63) is 0 Å². The van der Waals surface area contributed by atoms with Crippen molar-refractivity contribution in [2.45, 2.75) is 57.5 Å². The molecule has 2 rings (SSSR count). The fourth-order valence-electron chi connectivity index (χ4n) is 2.46. The van der Waals surface area contributed by atoms with Crippen LogP contribution in [-0.2, 0) is 4.79 Å². The lowest BCUT2D eigenvalue weighted by atomic mass is 9.90. The Hall–Kier alpha value is -0.570. The summed E-state index contributed by atoms with van der Waals surface area (Å²) in [7, 11) is 0. The molecule has 0 aliphatic heterocycles. The molecule has 3 heteroatoms. The summed E-state index contributed by atoms with van der Waals surface area (Å²) in [5.41, 5.74) is 6.00. The standard InChI is InChI=1S/C12H22N2O/c1-8(9-6-7-9)12(15)14-11-5-3-2-4-10(11)13/h8-11H,2-7,13H2,1H3,(H,14,15). The Labute approximate surface area is 91.8 Å². The average molecular weight is 210 g/mol. The van der Waals surface area contributed by atoms with Crippen molar-refractivity contribution < 1.29 is 4.79 Å². The van der Waals surface area contributed by atoms with Gasteiger partial charge >= 0.3 is 0 Å². The first-order valence-electron chi connectivity index (χ1n) is 6.24. The number of amides is 1. The molecule has 0 heterocycles. The van der Waals surface area contributed by atoms with Gasteiger partial charge in [-0.2, -0.15) is 0 Å². The lowest BCUT2D eigenvalue weighted by molar-refractivity contribution is -0.126. The highest BCUT2D eigenvalue weighted by atomic mass is 16.1. The van der Waals surface area contributed by atoms with Crippen LogP contribution in [0.4, 0.5) is 0 Å². The maximum absolute atomic E-state index is 11.9. The third-order valence-corrected chi connectivity index (χ3v) is 3.89. The minimum atomic E-state index is 0.175. The first-order chi connectivity index (χ1) is 7.18. The molecular formula is C12H22N2O. The van der Waals surface area contributed by atoms with Crippen LogP contribution >= 0.6 is 0 Å². The molecular weight excluding hydrogens is 188 g/mol. The van der Waals surface area contributed by atoms with Crippen molar-refractivity contribution in [3.8, 4) is 0 Å². The van der Waals surface area contributed by atoms with Crippen molar-refractivity contribution >= 4 is 5.91 Å². The lowest BCUT2D eigenvalue weighted by Gasteiger charge is -2.30. The second kappa shape index (κ2) is 4.52. The molecule has 0 aromatic heterocycles. The van der Waals surface area contributed by atoms with Crippen LogP contribution in [0.1, 0.15) is 45.4 Å². The van der Waals surface area contributed by atoms with Crippen LogP contribution in [0.5, 0.6) is 0 Å². The molecule has 2 aliphatic carbocycles. The van der Waals surface area contributed by atoms with Gasteiger partial charge in [-0.1, -0.05) is 19.8 Å². The summed E-state index contributed by atoms with van der Waals surface area (Å²) < 4.78 is 0. The minimum absolute atomic E-state index is 0.175. The zero-order chi connectivity index (χ0) is 10.8. The van der Waals surface area contributed by atoms with Crippen LogP contribution in [0.3, 0.4) is 0 Å². The second-order valence-electron chi connectivity index (χ2n) is 5.19. The van der Waals surface area contributed by atoms with E-state index >= 15 is 0 Å². The van der Waals surface area contributed by atoms with E-state index in [0.29, 0.717) is 5.92 Å². The van der Waals surface area contributed by atoms with E-state index in [1.807, 2.05) is 6.92 Å². The van der Waals surface area contributed by atoms with Gasteiger partial charge in [-0.05, 0) is 31.6 Å². The van der Waals surface area contributed by atoms with Crippen LogP contribution < -0.4 is 11.1 Å². The Kier molecular flexibility index (Phi) is 3.29. The molecule has 0 spiro atoms. The maximum Gasteiger partial charge on any atom is 0.223 e. The smallest absolute Gasteiger partial charge is 0.223 e. The van der Waals surface area contributed by atoms with Gasteiger partial charge < -0.3 is 11.1 Å². The molecule has 2 fully saturated rings. The molecule has 3 atom stereocenters. The van der Waals surface area contributed by atoms with Gasteiger partial charge in [-0.15, -0.1) is 0 Å². The number of carbonyl (C=O) groups is 1. The molecule has 2 saturated carbocycles. The van der Waals surface area contributed by atoms with Crippen LogP contribution in [0, 0.1) is 11.8 Å². The number of carbonyl (C=O) groups excluding carboxylic acids is 1. The van der Waals surface area contributed by atoms with E-state index in [1.54, 1.807) is 0 Å². The van der Waals surface area contributed by atoms with Gasteiger partial charge in [0.1, 0.15) is 0 Å². The number of hydrogen-bond donors (Lipinski definition) is 2. The van der Waals surface area contributed by atoms with E-state index in [4.69, 9.17) is 5.73 Å². The van der Waals surface area contributed by atoms with E-state index in [9.17, 15) is 4.79 Å². The Balaban J connectivity index is 1.81. The molecule has 0 saturated heterocycles. The van der Waals surface area contributed by atoms with Gasteiger partial charge in [-0.25, -0.2) is 0 Å². The number of hydrogen-bond acceptors (Lipinski definition) is 2. The average Bonchev–Trinajstić information content (AvgIpc) is 3.04. The van der Waals surface area contributed by atoms with E-state index in [2.05, 4.69) is 5.32 Å². The quantitative estimate of drug-likeness (QED) is 0.740. The normalized spacial score (nSPS) is 33.5. The van der Waals surface area contributed by atoms with Gasteiger partial charge in [0, 0.05) is 18.0 Å². The summed E-state index contributed by atoms with van der Waals surface area (Å²) in [5, 5.41) is 3.13. The fourth-order valence-corrected chi connectivity index (χ4v) is 2.46. The predicted octanol–water partition coefficient (Wildman–Crippen LogP) is 1.42. The van der Waals surface area contributed by atoms with Crippen LogP contribution in [0.25, 0.3) is 0 Å². The van der Waals surface area contributed by atoms with E-state index in [0.717, 1.165) is 12.8 Å². The van der Waals surface area contributed by atoms with Gasteiger partial charge in [0.2, 0.25) is 5.91 Å². The van der Waals surface area contributed by atoms with Crippen molar-refractivity contribution in [2.75, 3.05) is 0 Å². The van der Waals surface area contributed by atoms with E-state index in [-0.39, 0.29) is 23.9 Å². The van der Waals surface area contributed by atoms with Crippen molar-refractivity contribution in [3.63, 3.8) is 0 Å².